The maximum atomic E-state index is 5.41. The Morgan fingerprint density at radius 1 is 0.302 bits per heavy atom. The molecule has 0 spiro atoms. The average Bonchev–Trinajstić information content (AvgIpc) is 3.29. The Morgan fingerprint density at radius 2 is 0.444 bits per heavy atom. The maximum absolute atomic E-state index is 5.41. The van der Waals surface area contributed by atoms with Gasteiger partial charge in [-0.3, -0.25) is 0 Å². The van der Waals surface area contributed by atoms with Crippen LogP contribution in [0.2, 0.25) is 0 Å². The van der Waals surface area contributed by atoms with Crippen molar-refractivity contribution < 1.29 is 66.0 Å². The first-order chi connectivity index (χ1) is 30.2. The van der Waals surface area contributed by atoms with Gasteiger partial charge in [-0.25, -0.2) is 0 Å². The van der Waals surface area contributed by atoms with Gasteiger partial charge in [0.2, 0.25) is 23.0 Å². The Kier molecular flexibility index (Phi) is 25.9. The van der Waals surface area contributed by atoms with Crippen LogP contribution < -0.4 is 67.5 Å². The van der Waals surface area contributed by atoms with Gasteiger partial charge in [-0.05, 0) is 123 Å². The topological polar surface area (TPSA) is 135 Å². The molecule has 0 atom stereocenters. The van der Waals surface area contributed by atoms with E-state index in [1.807, 2.05) is 48.5 Å². The molecular formula is C44H62Cl4MnN2O12. The molecule has 0 aliphatic carbocycles. The Balaban J connectivity index is 0.000000391. The van der Waals surface area contributed by atoms with E-state index < -0.39 is 9.20 Å². The SMILES string of the molecule is COc1cc(CCNCCc2cc(OC)c(OC)c(OC)c2)cc(OC)c1OC.COc1cc(CCNCCc2cc(OC)c(OC)c(OC)c2)cc(OC)c1OC.[Cl][Mn]([Cl])([Cl])[Cl]. The van der Waals surface area contributed by atoms with Crippen LogP contribution in [-0.2, 0) is 34.9 Å². The van der Waals surface area contributed by atoms with Crippen LogP contribution in [0.1, 0.15) is 22.3 Å². The number of hydrogen-bond acceptors (Lipinski definition) is 14. The van der Waals surface area contributed by atoms with Gasteiger partial charge in [-0.1, -0.05) is 0 Å². The molecule has 0 heterocycles. The predicted octanol–water partition coefficient (Wildman–Crippen LogP) is 8.98. The van der Waals surface area contributed by atoms with Crippen molar-refractivity contribution in [2.45, 2.75) is 25.7 Å². The number of hydrogen-bond donors (Lipinski definition) is 2. The van der Waals surface area contributed by atoms with Crippen LogP contribution >= 0.6 is 40.4 Å². The van der Waals surface area contributed by atoms with E-state index in [0.29, 0.717) is 69.0 Å². The zero-order chi connectivity index (χ0) is 47.0. The molecule has 4 aromatic carbocycles. The Labute approximate surface area is 391 Å². The van der Waals surface area contributed by atoms with Gasteiger partial charge in [0, 0.05) is 0 Å². The summed E-state index contributed by atoms with van der Waals surface area (Å²) in [5, 5.41) is 6.93. The summed E-state index contributed by atoms with van der Waals surface area (Å²) >= 11 is 0. The third kappa shape index (κ3) is 18.2. The molecule has 0 aliphatic heterocycles. The molecule has 0 radical (unpaired) electrons. The normalized spacial score (nSPS) is 10.8. The van der Waals surface area contributed by atoms with E-state index in [4.69, 9.17) is 97.2 Å². The van der Waals surface area contributed by atoms with Crippen molar-refractivity contribution in [3.8, 4) is 69.0 Å². The first kappa shape index (κ1) is 55.2. The molecule has 355 valence electrons. The molecule has 2 N–H and O–H groups in total. The van der Waals surface area contributed by atoms with Crippen molar-refractivity contribution in [3.63, 3.8) is 0 Å². The third-order valence-electron chi connectivity index (χ3n) is 9.26. The molecule has 0 aliphatic rings. The fraction of sp³-hybridized carbons (Fsp3) is 0.455. The number of nitrogens with one attached hydrogen (secondary N) is 2. The van der Waals surface area contributed by atoms with Crippen LogP contribution in [0, 0.1) is 0 Å². The monoisotopic (exact) mass is 1010 g/mol. The van der Waals surface area contributed by atoms with Crippen molar-refractivity contribution in [2.24, 2.45) is 0 Å². The zero-order valence-corrected chi connectivity index (χ0v) is 42.3. The van der Waals surface area contributed by atoms with Crippen LogP contribution in [0.25, 0.3) is 0 Å². The molecule has 0 aromatic heterocycles. The van der Waals surface area contributed by atoms with Gasteiger partial charge in [-0.15, -0.1) is 0 Å². The van der Waals surface area contributed by atoms with E-state index in [-0.39, 0.29) is 0 Å². The molecule has 14 nitrogen and oxygen atoms in total. The van der Waals surface area contributed by atoms with Crippen molar-refractivity contribution in [1.29, 1.82) is 0 Å². The standard InChI is InChI=1S/2C22H31NO6.4ClH.Mn/c2*1-24-17-11-15(12-18(25-2)21(17)28-5)7-9-23-10-8-16-13-19(26-3)22(29-6)20(14-16)27-4;;;;;/h2*11-14,23H,7-10H2,1-6H3;4*1H;/q;;;;;;+4/p-4. The van der Waals surface area contributed by atoms with Gasteiger partial charge in [0.15, 0.2) is 46.0 Å². The number of ether oxygens (including phenoxy) is 12. The molecule has 0 fully saturated rings. The number of rotatable bonds is 24. The minimum absolute atomic E-state index is 0.606. The predicted molar refractivity (Wildman–Crippen MR) is 248 cm³/mol. The second-order valence-electron chi connectivity index (χ2n) is 13.0. The Hall–Kier alpha value is -3.92. The Bertz CT molecular complexity index is 1600. The summed E-state index contributed by atoms with van der Waals surface area (Å²) in [5.74, 6) is 7.75. The number of benzene rings is 4. The average molecular weight is 1010 g/mol. The molecule has 4 aromatic rings. The van der Waals surface area contributed by atoms with Crippen LogP contribution in [0.5, 0.6) is 69.0 Å². The van der Waals surface area contributed by atoms with Gasteiger partial charge < -0.3 is 67.5 Å². The summed E-state index contributed by atoms with van der Waals surface area (Å²) in [5.41, 5.74) is 4.44. The van der Waals surface area contributed by atoms with Gasteiger partial charge >= 0.3 is 49.6 Å². The summed E-state index contributed by atoms with van der Waals surface area (Å²) in [7, 11) is 36.5. The Morgan fingerprint density at radius 3 is 0.556 bits per heavy atom. The summed E-state index contributed by atoms with van der Waals surface area (Å²) in [4.78, 5) is 0. The first-order valence-electron chi connectivity index (χ1n) is 19.4. The summed E-state index contributed by atoms with van der Waals surface area (Å²) in [6, 6.07) is 15.8. The fourth-order valence-corrected chi connectivity index (χ4v) is 6.30. The van der Waals surface area contributed by atoms with Crippen LogP contribution in [0.3, 0.4) is 0 Å². The first-order valence-corrected chi connectivity index (χ1v) is 25.9. The molecule has 0 bridgehead atoms. The summed E-state index contributed by atoms with van der Waals surface area (Å²) < 4.78 is 64.7. The quantitative estimate of drug-likeness (QED) is 0.0511. The molecule has 0 saturated carbocycles. The van der Waals surface area contributed by atoms with Crippen molar-refractivity contribution in [1.82, 2.24) is 10.6 Å². The zero-order valence-electron chi connectivity index (χ0n) is 38.1. The van der Waals surface area contributed by atoms with Gasteiger partial charge in [0.05, 0.1) is 85.3 Å². The molecule has 63 heavy (non-hydrogen) atoms. The molecule has 4 rings (SSSR count). The van der Waals surface area contributed by atoms with Crippen molar-refractivity contribution >= 4 is 40.4 Å². The number of methoxy groups -OCH3 is 12. The number of halogens is 4. The van der Waals surface area contributed by atoms with Gasteiger partial charge in [0.1, 0.15) is 0 Å². The van der Waals surface area contributed by atoms with E-state index in [1.54, 1.807) is 85.3 Å². The summed E-state index contributed by atoms with van der Waals surface area (Å²) in [6.45, 7) is 3.29. The van der Waals surface area contributed by atoms with E-state index >= 15 is 0 Å². The molecular weight excluding hydrogens is 945 g/mol. The van der Waals surface area contributed by atoms with Crippen LogP contribution in [0.15, 0.2) is 48.5 Å². The molecule has 0 unspecified atom stereocenters. The van der Waals surface area contributed by atoms with Crippen molar-refractivity contribution in [3.05, 3.63) is 70.8 Å². The second kappa shape index (κ2) is 29.5. The van der Waals surface area contributed by atoms with Crippen molar-refractivity contribution in [2.75, 3.05) is 111 Å². The van der Waals surface area contributed by atoms with Gasteiger partial charge in [-0.2, -0.15) is 0 Å². The van der Waals surface area contributed by atoms with Gasteiger partial charge in [0.25, 0.3) is 0 Å². The van der Waals surface area contributed by atoms with Crippen LogP contribution in [0.4, 0.5) is 0 Å². The fourth-order valence-electron chi connectivity index (χ4n) is 6.30. The molecule has 19 heteroatoms. The third-order valence-corrected chi connectivity index (χ3v) is 9.26. The minimum atomic E-state index is -2.74. The second-order valence-corrected chi connectivity index (χ2v) is 24.7. The molecule has 0 amide bonds. The van der Waals surface area contributed by atoms with E-state index in [1.165, 1.54) is 0 Å². The van der Waals surface area contributed by atoms with E-state index in [9.17, 15) is 0 Å². The van der Waals surface area contributed by atoms with E-state index in [0.717, 1.165) is 74.1 Å². The van der Waals surface area contributed by atoms with Crippen LogP contribution in [-0.4, -0.2) is 111 Å². The summed E-state index contributed by atoms with van der Waals surface area (Å²) in [6.07, 6.45) is 3.36. The molecule has 0 saturated heterocycles. The van der Waals surface area contributed by atoms with E-state index in [2.05, 4.69) is 10.6 Å².